The average molecular weight is 324 g/mol. The summed E-state index contributed by atoms with van der Waals surface area (Å²) in [5.74, 6) is -0.269. The van der Waals surface area contributed by atoms with Crippen LogP contribution in [-0.4, -0.2) is 17.1 Å². The molecule has 92 valence electrons. The van der Waals surface area contributed by atoms with Gasteiger partial charge in [0.1, 0.15) is 0 Å². The summed E-state index contributed by atoms with van der Waals surface area (Å²) in [5, 5.41) is 5.84. The highest BCUT2D eigenvalue weighted by atomic mass is 79.9. The number of amides is 1. The van der Waals surface area contributed by atoms with Crippen LogP contribution in [0.2, 0.25) is 0 Å². The van der Waals surface area contributed by atoms with Crippen molar-refractivity contribution in [3.63, 3.8) is 0 Å². The number of hydrogen-bond acceptors (Lipinski definition) is 4. The number of halogens is 1. The molecule has 0 fully saturated rings. The van der Waals surface area contributed by atoms with Crippen molar-refractivity contribution < 1.29 is 4.79 Å². The molecule has 0 saturated heterocycles. The third-order valence-corrected chi connectivity index (χ3v) is 3.75. The quantitative estimate of drug-likeness (QED) is 0.697. The van der Waals surface area contributed by atoms with Crippen molar-refractivity contribution in [2.75, 3.05) is 0 Å². The number of aryl methyl sites for hydroxylation is 1. The van der Waals surface area contributed by atoms with Crippen molar-refractivity contribution in [2.24, 2.45) is 5.10 Å². The zero-order chi connectivity index (χ0) is 13.0. The zero-order valence-corrected chi connectivity index (χ0v) is 12.0. The molecule has 2 heterocycles. The molecule has 0 aliphatic heterocycles. The highest BCUT2D eigenvalue weighted by molar-refractivity contribution is 9.10. The second-order valence-corrected chi connectivity index (χ2v) is 5.41. The Morgan fingerprint density at radius 3 is 3.00 bits per heavy atom. The highest BCUT2D eigenvalue weighted by Crippen LogP contribution is 2.17. The van der Waals surface area contributed by atoms with E-state index in [4.69, 9.17) is 0 Å². The topological polar surface area (TPSA) is 54.4 Å². The molecule has 2 aromatic rings. The van der Waals surface area contributed by atoms with Crippen molar-refractivity contribution in [3.8, 4) is 0 Å². The van der Waals surface area contributed by atoms with Crippen LogP contribution < -0.4 is 5.43 Å². The van der Waals surface area contributed by atoms with Crippen LogP contribution in [0.4, 0.5) is 0 Å². The molecule has 2 aromatic heterocycles. The molecule has 0 aromatic carbocycles. The number of hydrazone groups is 1. The summed E-state index contributed by atoms with van der Waals surface area (Å²) in [7, 11) is 0. The number of carbonyl (C=O) groups is 1. The molecule has 18 heavy (non-hydrogen) atoms. The fourth-order valence-corrected chi connectivity index (χ4v) is 2.52. The monoisotopic (exact) mass is 323 g/mol. The SMILES string of the molecule is Cc1ccc(C(=O)N/N=C\c2cc(Br)cs2)cn1. The van der Waals surface area contributed by atoms with Gasteiger partial charge in [0, 0.05) is 26.6 Å². The molecule has 2 rings (SSSR count). The minimum Gasteiger partial charge on any atom is -0.267 e. The Kier molecular flexibility index (Phi) is 4.22. The molecular formula is C12H10BrN3OS. The molecule has 1 N–H and O–H groups in total. The van der Waals surface area contributed by atoms with Gasteiger partial charge in [-0.2, -0.15) is 5.10 Å². The normalized spacial score (nSPS) is 10.8. The van der Waals surface area contributed by atoms with Crippen molar-refractivity contribution in [1.82, 2.24) is 10.4 Å². The molecule has 0 radical (unpaired) electrons. The predicted octanol–water partition coefficient (Wildman–Crippen LogP) is 2.98. The van der Waals surface area contributed by atoms with E-state index >= 15 is 0 Å². The van der Waals surface area contributed by atoms with Crippen molar-refractivity contribution in [3.05, 3.63) is 50.4 Å². The van der Waals surface area contributed by atoms with Gasteiger partial charge in [-0.05, 0) is 41.1 Å². The maximum Gasteiger partial charge on any atom is 0.272 e. The lowest BCUT2D eigenvalue weighted by atomic mass is 10.2. The fraction of sp³-hybridized carbons (Fsp3) is 0.0833. The van der Waals surface area contributed by atoms with Gasteiger partial charge in [-0.25, -0.2) is 5.43 Å². The number of carbonyl (C=O) groups excluding carboxylic acids is 1. The first-order valence-corrected chi connectivity index (χ1v) is 6.82. The first-order valence-electron chi connectivity index (χ1n) is 5.15. The third-order valence-electron chi connectivity index (χ3n) is 2.12. The van der Waals surface area contributed by atoms with Crippen LogP contribution in [0.25, 0.3) is 0 Å². The van der Waals surface area contributed by atoms with Crippen LogP contribution in [0.3, 0.4) is 0 Å². The first-order chi connectivity index (χ1) is 8.65. The molecular weight excluding hydrogens is 314 g/mol. The largest absolute Gasteiger partial charge is 0.272 e. The lowest BCUT2D eigenvalue weighted by Crippen LogP contribution is -2.17. The van der Waals surface area contributed by atoms with Crippen molar-refractivity contribution in [2.45, 2.75) is 6.92 Å². The number of thiophene rings is 1. The Hall–Kier alpha value is -1.53. The summed E-state index contributed by atoms with van der Waals surface area (Å²) in [4.78, 5) is 16.7. The van der Waals surface area contributed by atoms with Crippen LogP contribution in [-0.2, 0) is 0 Å². The van der Waals surface area contributed by atoms with Gasteiger partial charge in [-0.1, -0.05) is 0 Å². The van der Waals surface area contributed by atoms with E-state index < -0.39 is 0 Å². The summed E-state index contributed by atoms with van der Waals surface area (Å²) < 4.78 is 1.00. The van der Waals surface area contributed by atoms with E-state index in [0.29, 0.717) is 5.56 Å². The minimum atomic E-state index is -0.269. The fourth-order valence-electron chi connectivity index (χ4n) is 1.22. The van der Waals surface area contributed by atoms with E-state index in [9.17, 15) is 4.79 Å². The maximum absolute atomic E-state index is 11.7. The van der Waals surface area contributed by atoms with Gasteiger partial charge >= 0.3 is 0 Å². The van der Waals surface area contributed by atoms with E-state index in [1.165, 1.54) is 17.5 Å². The van der Waals surface area contributed by atoms with Crippen molar-refractivity contribution in [1.29, 1.82) is 0 Å². The predicted molar refractivity (Wildman–Crippen MR) is 76.1 cm³/mol. The van der Waals surface area contributed by atoms with Gasteiger partial charge in [-0.15, -0.1) is 11.3 Å². The molecule has 0 aliphatic rings. The summed E-state index contributed by atoms with van der Waals surface area (Å²) >= 11 is 4.89. The Morgan fingerprint density at radius 2 is 2.39 bits per heavy atom. The second kappa shape index (κ2) is 5.88. The molecule has 4 nitrogen and oxygen atoms in total. The van der Waals surface area contributed by atoms with E-state index in [-0.39, 0.29) is 5.91 Å². The van der Waals surface area contributed by atoms with Gasteiger partial charge in [0.2, 0.25) is 0 Å². The smallest absolute Gasteiger partial charge is 0.267 e. The number of hydrogen-bond donors (Lipinski definition) is 1. The standard InChI is InChI=1S/C12H10BrN3OS/c1-8-2-3-9(5-14-8)12(17)16-15-6-11-4-10(13)7-18-11/h2-7H,1H3,(H,16,17)/b15-6-. The lowest BCUT2D eigenvalue weighted by molar-refractivity contribution is 0.0955. The lowest BCUT2D eigenvalue weighted by Gasteiger charge is -1.98. The van der Waals surface area contributed by atoms with Crippen molar-refractivity contribution >= 4 is 39.4 Å². The minimum absolute atomic E-state index is 0.269. The molecule has 1 amide bonds. The van der Waals surface area contributed by atoms with Crippen LogP contribution >= 0.6 is 27.3 Å². The summed E-state index contributed by atoms with van der Waals surface area (Å²) in [5.41, 5.74) is 3.82. The Labute approximate surface area is 117 Å². The van der Waals surface area contributed by atoms with Gasteiger partial charge in [-0.3, -0.25) is 9.78 Å². The second-order valence-electron chi connectivity index (χ2n) is 3.55. The molecule has 0 saturated carbocycles. The van der Waals surface area contributed by atoms with Gasteiger partial charge < -0.3 is 0 Å². The van der Waals surface area contributed by atoms with Crippen LogP contribution in [0, 0.1) is 6.92 Å². The van der Waals surface area contributed by atoms with E-state index in [1.54, 1.807) is 18.3 Å². The Bertz CT molecular complexity index is 577. The number of nitrogens with zero attached hydrogens (tertiary/aromatic N) is 2. The molecule has 0 bridgehead atoms. The van der Waals surface area contributed by atoms with Crippen LogP contribution in [0.5, 0.6) is 0 Å². The van der Waals surface area contributed by atoms with E-state index in [1.807, 2.05) is 18.4 Å². The number of pyridine rings is 1. The summed E-state index contributed by atoms with van der Waals surface area (Å²) in [6.07, 6.45) is 3.14. The van der Waals surface area contributed by atoms with Gasteiger partial charge in [0.25, 0.3) is 5.91 Å². The van der Waals surface area contributed by atoms with Crippen LogP contribution in [0.1, 0.15) is 20.9 Å². The molecule has 0 atom stereocenters. The number of aromatic nitrogens is 1. The number of nitrogens with one attached hydrogen (secondary N) is 1. The maximum atomic E-state index is 11.7. The molecule has 6 heteroatoms. The Morgan fingerprint density at radius 1 is 1.56 bits per heavy atom. The van der Waals surface area contributed by atoms with E-state index in [2.05, 4.69) is 31.4 Å². The number of rotatable bonds is 3. The summed E-state index contributed by atoms with van der Waals surface area (Å²) in [6, 6.07) is 5.43. The van der Waals surface area contributed by atoms with Gasteiger partial charge in [0.15, 0.2) is 0 Å². The Balaban J connectivity index is 1.96. The third kappa shape index (κ3) is 3.48. The van der Waals surface area contributed by atoms with Gasteiger partial charge in [0.05, 0.1) is 11.8 Å². The first kappa shape index (κ1) is 12.9. The average Bonchev–Trinajstić information content (AvgIpc) is 2.76. The summed E-state index contributed by atoms with van der Waals surface area (Å²) in [6.45, 7) is 1.87. The van der Waals surface area contributed by atoms with Crippen LogP contribution in [0.15, 0.2) is 39.4 Å². The highest BCUT2D eigenvalue weighted by Gasteiger charge is 2.03. The molecule has 0 aliphatic carbocycles. The molecule has 0 spiro atoms. The molecule has 0 unspecified atom stereocenters. The van der Waals surface area contributed by atoms with E-state index in [0.717, 1.165) is 15.0 Å². The zero-order valence-electron chi connectivity index (χ0n) is 9.55.